The zero-order valence-electron chi connectivity index (χ0n) is 15.8. The summed E-state index contributed by atoms with van der Waals surface area (Å²) < 4.78 is 0. The van der Waals surface area contributed by atoms with Crippen molar-refractivity contribution in [3.8, 4) is 0 Å². The van der Waals surface area contributed by atoms with Gasteiger partial charge in [-0.15, -0.1) is 79.8 Å². The molecule has 0 spiro atoms. The average Bonchev–Trinajstić information content (AvgIpc) is 3.29. The van der Waals surface area contributed by atoms with Crippen LogP contribution >= 0.6 is 17.0 Å². The van der Waals surface area contributed by atoms with Gasteiger partial charge in [-0.1, -0.05) is 56.3 Å². The summed E-state index contributed by atoms with van der Waals surface area (Å²) in [4.78, 5) is 0. The topological polar surface area (TPSA) is 0 Å². The summed E-state index contributed by atoms with van der Waals surface area (Å²) in [6, 6.07) is 30.9. The number of hydrogen-bond acceptors (Lipinski definition) is 0. The number of benzene rings is 3. The van der Waals surface area contributed by atoms with Crippen LogP contribution in [0, 0.1) is 0 Å². The Morgan fingerprint density at radius 1 is 0.679 bits per heavy atom. The standard InChI is InChI=1S/C25H20.2ClH.Zr/c1-25(2,23-16-15-17-9-3-4-10-18(17)23)24-21-13-7-5-11-19(21)20-12-6-8-14-22(20)24;;;/h3-16H,1-2H3;2*1H;/q-2;;;+4/p-2. The molecule has 0 bridgehead atoms. The van der Waals surface area contributed by atoms with Crippen LogP contribution < -0.4 is 0 Å². The van der Waals surface area contributed by atoms with Crippen molar-refractivity contribution in [1.29, 1.82) is 0 Å². The first-order valence-corrected chi connectivity index (χ1v) is 15.6. The molecule has 0 aliphatic rings. The third-order valence-corrected chi connectivity index (χ3v) is 5.66. The monoisotopic (exact) mass is 480 g/mol. The molecule has 0 aromatic heterocycles. The molecule has 0 aliphatic carbocycles. The third-order valence-electron chi connectivity index (χ3n) is 5.66. The van der Waals surface area contributed by atoms with Crippen molar-refractivity contribution in [1.82, 2.24) is 0 Å². The molecule has 0 fully saturated rings. The molecule has 28 heavy (non-hydrogen) atoms. The Bertz CT molecular complexity index is 1190. The molecule has 0 N–H and O–H groups in total. The van der Waals surface area contributed by atoms with E-state index in [-0.39, 0.29) is 5.41 Å². The van der Waals surface area contributed by atoms with Gasteiger partial charge < -0.3 is 0 Å². The van der Waals surface area contributed by atoms with Crippen molar-refractivity contribution in [3.05, 3.63) is 96.1 Å². The molecular weight excluding hydrogens is 462 g/mol. The molecule has 138 valence electrons. The Labute approximate surface area is 184 Å². The van der Waals surface area contributed by atoms with E-state index in [1.54, 1.807) is 0 Å². The van der Waals surface area contributed by atoms with Crippen molar-refractivity contribution in [2.24, 2.45) is 0 Å². The Kier molecular flexibility index (Phi) is 5.79. The van der Waals surface area contributed by atoms with Gasteiger partial charge in [0.05, 0.1) is 0 Å². The molecule has 3 heteroatoms. The predicted octanol–water partition coefficient (Wildman–Crippen LogP) is 8.29. The SMILES string of the molecule is CC(C)([c-]1ccc2ccccc21)[c-]1c2ccccc2c2ccccc21.[Cl][Zr+2][Cl]. The number of fused-ring (bicyclic) bond motifs is 4. The Balaban J connectivity index is 0.000000604. The second-order valence-electron chi connectivity index (χ2n) is 7.50. The summed E-state index contributed by atoms with van der Waals surface area (Å²) in [5.74, 6) is 0. The zero-order chi connectivity index (χ0) is 19.7. The van der Waals surface area contributed by atoms with Crippen molar-refractivity contribution in [2.45, 2.75) is 19.3 Å². The van der Waals surface area contributed by atoms with Crippen LogP contribution in [0.15, 0.2) is 84.9 Å². The molecular formula is C25H20Cl2Zr. The molecule has 0 atom stereocenters. The maximum atomic E-state index is 4.93. The first kappa shape index (κ1) is 19.9. The second-order valence-corrected chi connectivity index (χ2v) is 11.2. The summed E-state index contributed by atoms with van der Waals surface area (Å²) in [6.45, 7) is 4.73. The van der Waals surface area contributed by atoms with Gasteiger partial charge in [-0.2, -0.15) is 6.07 Å². The van der Waals surface area contributed by atoms with E-state index in [2.05, 4.69) is 98.8 Å². The summed E-state index contributed by atoms with van der Waals surface area (Å²) in [7, 11) is 9.87. The van der Waals surface area contributed by atoms with Gasteiger partial charge in [-0.3, -0.25) is 0 Å². The zero-order valence-corrected chi connectivity index (χ0v) is 19.8. The Morgan fingerprint density at radius 3 is 1.71 bits per heavy atom. The van der Waals surface area contributed by atoms with E-state index < -0.39 is 20.8 Å². The molecule has 0 aliphatic heterocycles. The van der Waals surface area contributed by atoms with Crippen LogP contribution in [-0.2, 0) is 26.3 Å². The van der Waals surface area contributed by atoms with Crippen molar-refractivity contribution in [2.75, 3.05) is 0 Å². The maximum absolute atomic E-state index is 4.93. The molecule has 5 rings (SSSR count). The van der Waals surface area contributed by atoms with Crippen molar-refractivity contribution in [3.63, 3.8) is 0 Å². The Morgan fingerprint density at radius 2 is 1.14 bits per heavy atom. The molecule has 5 aromatic carbocycles. The third kappa shape index (κ3) is 3.28. The first-order chi connectivity index (χ1) is 13.6. The van der Waals surface area contributed by atoms with E-state index in [4.69, 9.17) is 17.0 Å². The summed E-state index contributed by atoms with van der Waals surface area (Å²) in [6.07, 6.45) is 0. The van der Waals surface area contributed by atoms with Gasteiger partial charge in [0.2, 0.25) is 0 Å². The van der Waals surface area contributed by atoms with Crippen LogP contribution in [0.4, 0.5) is 0 Å². The molecule has 0 heterocycles. The predicted molar refractivity (Wildman–Crippen MR) is 120 cm³/mol. The van der Waals surface area contributed by atoms with E-state index in [1.165, 1.54) is 43.4 Å². The van der Waals surface area contributed by atoms with E-state index in [0.717, 1.165) is 0 Å². The fourth-order valence-corrected chi connectivity index (χ4v) is 4.52. The average molecular weight is 483 g/mol. The van der Waals surface area contributed by atoms with Gasteiger partial charge in [0.25, 0.3) is 0 Å². The molecule has 5 aromatic rings. The van der Waals surface area contributed by atoms with E-state index in [9.17, 15) is 0 Å². The van der Waals surface area contributed by atoms with Gasteiger partial charge in [0.1, 0.15) is 0 Å². The van der Waals surface area contributed by atoms with Gasteiger partial charge in [0, 0.05) is 0 Å². The molecule has 0 radical (unpaired) electrons. The van der Waals surface area contributed by atoms with Crippen LogP contribution in [-0.4, -0.2) is 0 Å². The Hall–Kier alpha value is -1.40. The van der Waals surface area contributed by atoms with Crippen LogP contribution in [0.25, 0.3) is 32.3 Å². The van der Waals surface area contributed by atoms with Crippen LogP contribution in [0.2, 0.25) is 0 Å². The quantitative estimate of drug-likeness (QED) is 0.222. The van der Waals surface area contributed by atoms with Crippen molar-refractivity contribution >= 4 is 49.3 Å². The fraction of sp³-hybridized carbons (Fsp3) is 0.120. The minimum absolute atomic E-state index is 0.0637. The van der Waals surface area contributed by atoms with E-state index in [0.29, 0.717) is 0 Å². The van der Waals surface area contributed by atoms with Crippen molar-refractivity contribution < 1.29 is 20.8 Å². The summed E-state index contributed by atoms with van der Waals surface area (Å²) in [5, 5.41) is 8.15. The van der Waals surface area contributed by atoms with Crippen LogP contribution in [0.5, 0.6) is 0 Å². The van der Waals surface area contributed by atoms with E-state index >= 15 is 0 Å². The minimum atomic E-state index is -0.826. The number of rotatable bonds is 2. The van der Waals surface area contributed by atoms with Gasteiger partial charge in [0.15, 0.2) is 0 Å². The second kappa shape index (κ2) is 8.15. The van der Waals surface area contributed by atoms with Gasteiger partial charge in [-0.05, 0) is 5.41 Å². The molecule has 0 saturated heterocycles. The fourth-order valence-electron chi connectivity index (χ4n) is 4.52. The molecule has 0 saturated carbocycles. The van der Waals surface area contributed by atoms with Crippen LogP contribution in [0.1, 0.15) is 25.0 Å². The number of hydrogen-bond donors (Lipinski definition) is 0. The van der Waals surface area contributed by atoms with Gasteiger partial charge >= 0.3 is 37.9 Å². The molecule has 0 amide bonds. The summed E-state index contributed by atoms with van der Waals surface area (Å²) in [5.41, 5.74) is 2.78. The molecule has 0 nitrogen and oxygen atoms in total. The van der Waals surface area contributed by atoms with Crippen LogP contribution in [0.3, 0.4) is 0 Å². The van der Waals surface area contributed by atoms with Gasteiger partial charge in [-0.25, -0.2) is 0 Å². The first-order valence-electron chi connectivity index (χ1n) is 9.27. The summed E-state index contributed by atoms with van der Waals surface area (Å²) >= 11 is -0.826. The molecule has 0 unspecified atom stereocenters. The number of halogens is 2. The van der Waals surface area contributed by atoms with E-state index in [1.807, 2.05) is 0 Å². The normalized spacial score (nSPS) is 11.4.